The number of carbonyl (C=O) groups is 3. The van der Waals surface area contributed by atoms with Crippen molar-refractivity contribution in [1.82, 2.24) is 10.2 Å². The third-order valence-corrected chi connectivity index (χ3v) is 5.02. The zero-order chi connectivity index (χ0) is 16.6. The number of benzene rings is 1. The van der Waals surface area contributed by atoms with Gasteiger partial charge in [-0.3, -0.25) is 19.3 Å². The van der Waals surface area contributed by atoms with Gasteiger partial charge in [0.25, 0.3) is 11.8 Å². The van der Waals surface area contributed by atoms with Crippen LogP contribution in [0.1, 0.15) is 52.8 Å². The Balaban J connectivity index is 1.64. The molecule has 3 amide bonds. The third kappa shape index (κ3) is 3.21. The second-order valence-electron chi connectivity index (χ2n) is 5.87. The standard InChI is InChI=1S/C16H16Cl2N2O3/c17-12-7-10-11(8-13(12)18)16(23)20(15(10)22)6-5-14(21)19-9-3-1-2-4-9/h7-9H,1-6H2,(H,19,21). The molecule has 1 heterocycles. The lowest BCUT2D eigenvalue weighted by Gasteiger charge is -2.15. The van der Waals surface area contributed by atoms with E-state index in [-0.39, 0.29) is 46.1 Å². The van der Waals surface area contributed by atoms with Crippen LogP contribution in [0.5, 0.6) is 0 Å². The second kappa shape index (κ2) is 6.49. The van der Waals surface area contributed by atoms with E-state index < -0.39 is 11.8 Å². The summed E-state index contributed by atoms with van der Waals surface area (Å²) in [6, 6.07) is 3.03. The first kappa shape index (κ1) is 16.3. The van der Waals surface area contributed by atoms with Crippen LogP contribution < -0.4 is 5.32 Å². The molecular weight excluding hydrogens is 339 g/mol. The van der Waals surface area contributed by atoms with Gasteiger partial charge < -0.3 is 5.32 Å². The molecule has 1 N–H and O–H groups in total. The molecule has 1 aliphatic carbocycles. The van der Waals surface area contributed by atoms with E-state index >= 15 is 0 Å². The van der Waals surface area contributed by atoms with Crippen molar-refractivity contribution < 1.29 is 14.4 Å². The van der Waals surface area contributed by atoms with E-state index in [1.807, 2.05) is 0 Å². The van der Waals surface area contributed by atoms with Crippen LogP contribution in [0.2, 0.25) is 10.0 Å². The smallest absolute Gasteiger partial charge is 0.261 e. The van der Waals surface area contributed by atoms with Crippen molar-refractivity contribution in [3.8, 4) is 0 Å². The molecule has 5 nitrogen and oxygen atoms in total. The van der Waals surface area contributed by atoms with Crippen molar-refractivity contribution in [2.24, 2.45) is 0 Å². The van der Waals surface area contributed by atoms with Crippen molar-refractivity contribution in [3.05, 3.63) is 33.3 Å². The number of nitrogens with one attached hydrogen (secondary N) is 1. The number of halogens is 2. The highest BCUT2D eigenvalue weighted by molar-refractivity contribution is 6.43. The summed E-state index contributed by atoms with van der Waals surface area (Å²) in [5, 5.41) is 3.40. The van der Waals surface area contributed by atoms with Gasteiger partial charge in [-0.25, -0.2) is 0 Å². The van der Waals surface area contributed by atoms with E-state index in [0.29, 0.717) is 0 Å². The van der Waals surface area contributed by atoms with Crippen molar-refractivity contribution in [3.63, 3.8) is 0 Å². The molecule has 1 aromatic rings. The van der Waals surface area contributed by atoms with Gasteiger partial charge in [-0.05, 0) is 25.0 Å². The molecule has 1 aliphatic heterocycles. The highest BCUT2D eigenvalue weighted by atomic mass is 35.5. The molecular formula is C16H16Cl2N2O3. The summed E-state index contributed by atoms with van der Waals surface area (Å²) < 4.78 is 0. The molecule has 2 aliphatic rings. The summed E-state index contributed by atoms with van der Waals surface area (Å²) in [4.78, 5) is 37.6. The number of hydrogen-bond acceptors (Lipinski definition) is 3. The average molecular weight is 355 g/mol. The zero-order valence-corrected chi connectivity index (χ0v) is 13.9. The molecule has 0 unspecified atom stereocenters. The zero-order valence-electron chi connectivity index (χ0n) is 12.4. The number of fused-ring (bicyclic) bond motifs is 1. The molecule has 0 saturated heterocycles. The summed E-state index contributed by atoms with van der Waals surface area (Å²) in [5.74, 6) is -1.00. The Morgan fingerprint density at radius 3 is 2.13 bits per heavy atom. The Labute approximate surface area is 143 Å². The minimum absolute atomic E-state index is 0.0557. The first-order valence-electron chi connectivity index (χ1n) is 7.62. The number of hydrogen-bond donors (Lipinski definition) is 1. The maximum Gasteiger partial charge on any atom is 0.261 e. The molecule has 1 saturated carbocycles. The van der Waals surface area contributed by atoms with E-state index in [1.54, 1.807) is 0 Å². The highest BCUT2D eigenvalue weighted by Gasteiger charge is 2.36. The van der Waals surface area contributed by atoms with Crippen LogP contribution in [-0.2, 0) is 4.79 Å². The summed E-state index contributed by atoms with van der Waals surface area (Å²) in [6.07, 6.45) is 4.35. The SMILES string of the molecule is O=C(CCN1C(=O)c2cc(Cl)c(Cl)cc2C1=O)NC1CCCC1. The fourth-order valence-electron chi connectivity index (χ4n) is 3.07. The number of nitrogens with zero attached hydrogens (tertiary/aromatic N) is 1. The monoisotopic (exact) mass is 354 g/mol. The topological polar surface area (TPSA) is 66.5 Å². The summed E-state index contributed by atoms with van der Waals surface area (Å²) in [7, 11) is 0. The van der Waals surface area contributed by atoms with Crippen LogP contribution in [0.15, 0.2) is 12.1 Å². The normalized spacial score (nSPS) is 17.7. The molecule has 0 atom stereocenters. The molecule has 1 fully saturated rings. The van der Waals surface area contributed by atoms with Crippen LogP contribution in [0.3, 0.4) is 0 Å². The molecule has 0 aromatic heterocycles. The number of rotatable bonds is 4. The predicted molar refractivity (Wildman–Crippen MR) is 86.8 cm³/mol. The van der Waals surface area contributed by atoms with Gasteiger partial charge in [-0.15, -0.1) is 0 Å². The van der Waals surface area contributed by atoms with Gasteiger partial charge >= 0.3 is 0 Å². The van der Waals surface area contributed by atoms with Gasteiger partial charge in [0.1, 0.15) is 0 Å². The van der Waals surface area contributed by atoms with Crippen molar-refractivity contribution in [2.75, 3.05) is 6.54 Å². The van der Waals surface area contributed by atoms with Crippen LogP contribution in [0, 0.1) is 0 Å². The minimum atomic E-state index is -0.433. The first-order chi connectivity index (χ1) is 11.0. The summed E-state index contributed by atoms with van der Waals surface area (Å²) in [6.45, 7) is 0.0557. The number of carbonyl (C=O) groups excluding carboxylic acids is 3. The Morgan fingerprint density at radius 1 is 1.09 bits per heavy atom. The Kier molecular flexibility index (Phi) is 4.60. The van der Waals surface area contributed by atoms with Gasteiger partial charge in [-0.2, -0.15) is 0 Å². The van der Waals surface area contributed by atoms with Gasteiger partial charge in [0.05, 0.1) is 21.2 Å². The average Bonchev–Trinajstić information content (AvgIpc) is 3.08. The van der Waals surface area contributed by atoms with Crippen LogP contribution in [-0.4, -0.2) is 35.2 Å². The third-order valence-electron chi connectivity index (χ3n) is 4.29. The lowest BCUT2D eigenvalue weighted by atomic mass is 10.1. The van der Waals surface area contributed by atoms with E-state index in [0.717, 1.165) is 30.6 Å². The van der Waals surface area contributed by atoms with Gasteiger partial charge in [0.15, 0.2) is 0 Å². The van der Waals surface area contributed by atoms with Crippen LogP contribution in [0.4, 0.5) is 0 Å². The molecule has 7 heteroatoms. The maximum atomic E-state index is 12.3. The lowest BCUT2D eigenvalue weighted by Crippen LogP contribution is -2.37. The Hall–Kier alpha value is -1.59. The summed E-state index contributed by atoms with van der Waals surface area (Å²) >= 11 is 11.8. The molecule has 3 rings (SSSR count). The highest BCUT2D eigenvalue weighted by Crippen LogP contribution is 2.31. The number of amides is 3. The fraction of sp³-hybridized carbons (Fsp3) is 0.438. The van der Waals surface area contributed by atoms with E-state index in [9.17, 15) is 14.4 Å². The van der Waals surface area contributed by atoms with Gasteiger partial charge in [-0.1, -0.05) is 36.0 Å². The Morgan fingerprint density at radius 2 is 1.61 bits per heavy atom. The molecule has 122 valence electrons. The fourth-order valence-corrected chi connectivity index (χ4v) is 3.40. The molecule has 0 spiro atoms. The molecule has 0 radical (unpaired) electrons. The van der Waals surface area contributed by atoms with E-state index in [1.165, 1.54) is 12.1 Å². The molecule has 23 heavy (non-hydrogen) atoms. The lowest BCUT2D eigenvalue weighted by molar-refractivity contribution is -0.121. The van der Waals surface area contributed by atoms with Gasteiger partial charge in [0, 0.05) is 19.0 Å². The second-order valence-corrected chi connectivity index (χ2v) is 6.69. The maximum absolute atomic E-state index is 12.3. The molecule has 0 bridgehead atoms. The van der Waals surface area contributed by atoms with Crippen molar-refractivity contribution in [2.45, 2.75) is 38.1 Å². The number of imide groups is 1. The van der Waals surface area contributed by atoms with E-state index in [4.69, 9.17) is 23.2 Å². The van der Waals surface area contributed by atoms with E-state index in [2.05, 4.69) is 5.32 Å². The van der Waals surface area contributed by atoms with Crippen molar-refractivity contribution >= 4 is 40.9 Å². The largest absolute Gasteiger partial charge is 0.353 e. The summed E-state index contributed by atoms with van der Waals surface area (Å²) in [5.41, 5.74) is 0.473. The van der Waals surface area contributed by atoms with Crippen LogP contribution >= 0.6 is 23.2 Å². The van der Waals surface area contributed by atoms with Crippen LogP contribution in [0.25, 0.3) is 0 Å². The minimum Gasteiger partial charge on any atom is -0.353 e. The quantitative estimate of drug-likeness (QED) is 0.845. The van der Waals surface area contributed by atoms with Crippen molar-refractivity contribution in [1.29, 1.82) is 0 Å². The van der Waals surface area contributed by atoms with Gasteiger partial charge in [0.2, 0.25) is 5.91 Å². The first-order valence-corrected chi connectivity index (χ1v) is 8.37. The molecule has 1 aromatic carbocycles. The Bertz CT molecular complexity index is 643. The predicted octanol–water partition coefficient (Wildman–Crippen LogP) is 3.04.